The van der Waals surface area contributed by atoms with Crippen molar-refractivity contribution in [2.24, 2.45) is 5.73 Å². The van der Waals surface area contributed by atoms with Gasteiger partial charge >= 0.3 is 11.9 Å². The van der Waals surface area contributed by atoms with Gasteiger partial charge in [-0.3, -0.25) is 9.59 Å². The van der Waals surface area contributed by atoms with Crippen molar-refractivity contribution in [1.82, 2.24) is 24.9 Å². The number of amides is 2. The van der Waals surface area contributed by atoms with Crippen molar-refractivity contribution in [3.8, 4) is 0 Å². The summed E-state index contributed by atoms with van der Waals surface area (Å²) in [6.45, 7) is 7.25. The van der Waals surface area contributed by atoms with Gasteiger partial charge in [0, 0.05) is 6.07 Å². The van der Waals surface area contributed by atoms with Gasteiger partial charge in [-0.15, -0.1) is 5.10 Å². The van der Waals surface area contributed by atoms with Crippen LogP contribution in [-0.2, 0) is 11.2 Å². The van der Waals surface area contributed by atoms with Crippen LogP contribution in [0.1, 0.15) is 91.9 Å². The maximum absolute atomic E-state index is 13.0. The van der Waals surface area contributed by atoms with Gasteiger partial charge in [0.05, 0.1) is 11.6 Å². The maximum Gasteiger partial charge on any atom is 0.354 e. The SMILES string of the molecule is Cc1c(C(=O)OC(C)(C)C)ccc2c1CC[C@@H]2NC(=O)c1cc(C(=O)O)n2nc(C(N)=O)nc2n1. The summed E-state index contributed by atoms with van der Waals surface area (Å²) in [7, 11) is 0. The largest absolute Gasteiger partial charge is 0.477 e. The average molecular weight is 480 g/mol. The molecule has 182 valence electrons. The molecule has 35 heavy (non-hydrogen) atoms. The van der Waals surface area contributed by atoms with E-state index in [9.17, 15) is 24.3 Å². The number of esters is 1. The number of ether oxygens (including phenoxy) is 1. The lowest BCUT2D eigenvalue weighted by molar-refractivity contribution is 0.00681. The number of fused-ring (bicyclic) bond motifs is 2. The highest BCUT2D eigenvalue weighted by molar-refractivity contribution is 5.97. The molecule has 12 nitrogen and oxygen atoms in total. The number of benzene rings is 1. The molecule has 0 radical (unpaired) electrons. The van der Waals surface area contributed by atoms with Crippen LogP contribution in [0.25, 0.3) is 5.78 Å². The Labute approximate surface area is 199 Å². The van der Waals surface area contributed by atoms with Crippen LogP contribution in [-0.4, -0.2) is 54.0 Å². The van der Waals surface area contributed by atoms with E-state index in [1.54, 1.807) is 32.9 Å². The van der Waals surface area contributed by atoms with Gasteiger partial charge < -0.3 is 20.9 Å². The minimum atomic E-state index is -1.39. The number of carboxylic acids is 1. The molecule has 0 bridgehead atoms. The van der Waals surface area contributed by atoms with Crippen LogP contribution in [0, 0.1) is 6.92 Å². The maximum atomic E-state index is 13.0. The molecule has 2 aromatic heterocycles. The number of nitrogens with two attached hydrogens (primary N) is 1. The van der Waals surface area contributed by atoms with E-state index < -0.39 is 40.9 Å². The van der Waals surface area contributed by atoms with Crippen molar-refractivity contribution in [3.63, 3.8) is 0 Å². The van der Waals surface area contributed by atoms with Crippen LogP contribution in [0.4, 0.5) is 0 Å². The monoisotopic (exact) mass is 480 g/mol. The Bertz CT molecular complexity index is 1400. The summed E-state index contributed by atoms with van der Waals surface area (Å²) in [4.78, 5) is 56.5. The van der Waals surface area contributed by atoms with E-state index in [1.165, 1.54) is 0 Å². The molecule has 4 N–H and O–H groups in total. The van der Waals surface area contributed by atoms with E-state index in [0.717, 1.165) is 27.3 Å². The van der Waals surface area contributed by atoms with Gasteiger partial charge in [0.1, 0.15) is 11.3 Å². The molecule has 1 aliphatic rings. The standard InChI is InChI=1S/C23H24N6O6/c1-10-11-7-8-14(13(11)6-5-12(10)21(34)35-23(2,3)4)25-19(31)15-9-16(20(32)33)29-22(26-15)27-18(28-29)17(24)30/h5-6,9,14H,7-8H2,1-4H3,(H2,24,30)(H,25,31)(H,32,33)/t14-/m0/s1. The highest BCUT2D eigenvalue weighted by Gasteiger charge is 2.30. The number of nitrogens with one attached hydrogen (secondary N) is 1. The van der Waals surface area contributed by atoms with Crippen LogP contribution < -0.4 is 11.1 Å². The summed E-state index contributed by atoms with van der Waals surface area (Å²) >= 11 is 0. The fraction of sp³-hybridized carbons (Fsp3) is 0.348. The Morgan fingerprint density at radius 1 is 1.20 bits per heavy atom. The number of nitrogens with zero attached hydrogens (tertiary/aromatic N) is 4. The second-order valence-corrected chi connectivity index (χ2v) is 9.22. The summed E-state index contributed by atoms with van der Waals surface area (Å²) in [6, 6.07) is 4.16. The molecule has 3 aromatic rings. The zero-order valence-electron chi connectivity index (χ0n) is 19.6. The molecule has 0 saturated carbocycles. The molecule has 0 aliphatic heterocycles. The molecule has 2 amide bonds. The van der Waals surface area contributed by atoms with E-state index in [1.807, 2.05) is 6.92 Å². The lowest BCUT2D eigenvalue weighted by Gasteiger charge is -2.21. The van der Waals surface area contributed by atoms with Gasteiger partial charge in [0.2, 0.25) is 5.82 Å². The highest BCUT2D eigenvalue weighted by atomic mass is 16.6. The molecule has 1 aromatic carbocycles. The number of hydrogen-bond acceptors (Lipinski definition) is 8. The molecular weight excluding hydrogens is 456 g/mol. The number of aromatic carboxylic acids is 1. The number of carboxylic acid groups (broad SMARTS) is 1. The molecule has 0 unspecified atom stereocenters. The van der Waals surface area contributed by atoms with Gasteiger partial charge in [-0.05, 0) is 63.3 Å². The summed E-state index contributed by atoms with van der Waals surface area (Å²) in [5, 5.41) is 16.1. The van der Waals surface area contributed by atoms with Gasteiger partial charge in [0.25, 0.3) is 17.6 Å². The van der Waals surface area contributed by atoms with E-state index in [4.69, 9.17) is 10.5 Å². The Balaban J connectivity index is 1.62. The van der Waals surface area contributed by atoms with Crippen LogP contribution in [0.15, 0.2) is 18.2 Å². The van der Waals surface area contributed by atoms with Crippen LogP contribution in [0.3, 0.4) is 0 Å². The number of aromatic nitrogens is 4. The average Bonchev–Trinajstić information content (AvgIpc) is 3.36. The van der Waals surface area contributed by atoms with Crippen LogP contribution >= 0.6 is 0 Å². The topological polar surface area (TPSA) is 179 Å². The molecule has 2 heterocycles. The van der Waals surface area contributed by atoms with Crippen molar-refractivity contribution in [1.29, 1.82) is 0 Å². The molecule has 0 saturated heterocycles. The molecule has 1 atom stereocenters. The fourth-order valence-electron chi connectivity index (χ4n) is 4.06. The predicted octanol–water partition coefficient (Wildman–Crippen LogP) is 1.60. The van der Waals surface area contributed by atoms with Gasteiger partial charge in [-0.1, -0.05) is 6.07 Å². The molecule has 0 spiro atoms. The van der Waals surface area contributed by atoms with Crippen molar-refractivity contribution in [2.45, 2.75) is 52.2 Å². The molecular formula is C23H24N6O6. The highest BCUT2D eigenvalue weighted by Crippen LogP contribution is 2.35. The van der Waals surface area contributed by atoms with Gasteiger partial charge in [-0.2, -0.15) is 9.50 Å². The quantitative estimate of drug-likeness (QED) is 0.457. The fourth-order valence-corrected chi connectivity index (χ4v) is 4.06. The summed E-state index contributed by atoms with van der Waals surface area (Å²) < 4.78 is 6.33. The zero-order chi connectivity index (χ0) is 25.7. The normalized spacial score (nSPS) is 15.0. The number of carbonyl (C=O) groups is 4. The van der Waals surface area contributed by atoms with E-state index in [2.05, 4.69) is 20.4 Å². The summed E-state index contributed by atoms with van der Waals surface area (Å²) in [5.41, 5.74) is 7.03. The molecule has 12 heteroatoms. The van der Waals surface area contributed by atoms with E-state index >= 15 is 0 Å². The van der Waals surface area contributed by atoms with Gasteiger partial charge in [-0.25, -0.2) is 14.6 Å². The Hall–Kier alpha value is -4.35. The van der Waals surface area contributed by atoms with Gasteiger partial charge in [0.15, 0.2) is 5.69 Å². The third-order valence-corrected chi connectivity index (χ3v) is 5.60. The van der Waals surface area contributed by atoms with Crippen molar-refractivity contribution < 1.29 is 29.0 Å². The smallest absolute Gasteiger partial charge is 0.354 e. The first-order chi connectivity index (χ1) is 16.4. The van der Waals surface area contributed by atoms with Crippen LogP contribution in [0.5, 0.6) is 0 Å². The lowest BCUT2D eigenvalue weighted by Crippen LogP contribution is -2.29. The minimum Gasteiger partial charge on any atom is -0.477 e. The van der Waals surface area contributed by atoms with E-state index in [-0.39, 0.29) is 17.5 Å². The zero-order valence-corrected chi connectivity index (χ0v) is 19.6. The summed E-state index contributed by atoms with van der Waals surface area (Å²) in [6.07, 6.45) is 1.23. The number of hydrogen-bond donors (Lipinski definition) is 3. The molecule has 4 rings (SSSR count). The second-order valence-electron chi connectivity index (χ2n) is 9.22. The van der Waals surface area contributed by atoms with Crippen molar-refractivity contribution in [2.75, 3.05) is 0 Å². The number of rotatable bonds is 5. The van der Waals surface area contributed by atoms with Crippen LogP contribution in [0.2, 0.25) is 0 Å². The van der Waals surface area contributed by atoms with Crippen molar-refractivity contribution in [3.05, 3.63) is 57.7 Å². The second kappa shape index (κ2) is 8.46. The lowest BCUT2D eigenvalue weighted by atomic mass is 9.97. The molecule has 0 fully saturated rings. The Kier molecular flexibility index (Phi) is 5.75. The Morgan fingerprint density at radius 3 is 2.54 bits per heavy atom. The first kappa shape index (κ1) is 23.8. The predicted molar refractivity (Wildman–Crippen MR) is 121 cm³/mol. The minimum absolute atomic E-state index is 0.200. The Morgan fingerprint density at radius 2 is 1.91 bits per heavy atom. The summed E-state index contributed by atoms with van der Waals surface area (Å²) in [5.74, 6) is -4.03. The van der Waals surface area contributed by atoms with E-state index in [0.29, 0.717) is 18.4 Å². The number of primary amides is 1. The first-order valence-corrected chi connectivity index (χ1v) is 10.8. The van der Waals surface area contributed by atoms with Crippen molar-refractivity contribution >= 4 is 29.5 Å². The molecule has 1 aliphatic carbocycles. The third kappa shape index (κ3) is 4.54. The first-order valence-electron chi connectivity index (χ1n) is 10.8. The third-order valence-electron chi connectivity index (χ3n) is 5.60. The number of carbonyl (C=O) groups excluding carboxylic acids is 3.